The van der Waals surface area contributed by atoms with Gasteiger partial charge in [0, 0.05) is 11.6 Å². The summed E-state index contributed by atoms with van der Waals surface area (Å²) in [5.41, 5.74) is 12.5. The van der Waals surface area contributed by atoms with E-state index in [1.54, 1.807) is 6.20 Å². The summed E-state index contributed by atoms with van der Waals surface area (Å²) in [6.07, 6.45) is 3.49. The number of primary amides is 2. The van der Waals surface area contributed by atoms with E-state index in [-0.39, 0.29) is 23.2 Å². The molecule has 10 heteroatoms. The molecule has 146 valence electrons. The number of fused-ring (bicyclic) bond motifs is 1. The van der Waals surface area contributed by atoms with Crippen molar-refractivity contribution >= 4 is 40.2 Å². The summed E-state index contributed by atoms with van der Waals surface area (Å²) < 4.78 is 0. The number of hydrogen-bond donors (Lipinski definition) is 5. The quantitative estimate of drug-likeness (QED) is 0.394. The van der Waals surface area contributed by atoms with Crippen LogP contribution in [0.5, 0.6) is 0 Å². The van der Waals surface area contributed by atoms with Gasteiger partial charge in [-0.15, -0.1) is 0 Å². The number of carbonyl (C=O) groups excluding carboxylic acids is 2. The highest BCUT2D eigenvalue weighted by Gasteiger charge is 2.20. The fourth-order valence-corrected chi connectivity index (χ4v) is 2.81. The first-order chi connectivity index (χ1) is 13.3. The zero-order valence-corrected chi connectivity index (χ0v) is 15.6. The van der Waals surface area contributed by atoms with E-state index in [1.807, 2.05) is 32.0 Å². The van der Waals surface area contributed by atoms with Crippen LogP contribution in [0.15, 0.2) is 30.6 Å². The van der Waals surface area contributed by atoms with Crippen LogP contribution in [0.4, 0.5) is 17.5 Å². The molecule has 1 unspecified atom stereocenters. The van der Waals surface area contributed by atoms with E-state index in [0.717, 1.165) is 10.9 Å². The highest BCUT2D eigenvalue weighted by molar-refractivity contribution is 6.00. The summed E-state index contributed by atoms with van der Waals surface area (Å²) in [4.78, 5) is 31.9. The Morgan fingerprint density at radius 1 is 1.21 bits per heavy atom. The Hall–Kier alpha value is -3.69. The lowest BCUT2D eigenvalue weighted by molar-refractivity contribution is -0.119. The maximum absolute atomic E-state index is 11.8. The molecule has 3 rings (SSSR count). The minimum Gasteiger partial charge on any atom is -0.368 e. The normalized spacial score (nSPS) is 12.1. The van der Waals surface area contributed by atoms with E-state index in [4.69, 9.17) is 11.5 Å². The molecule has 0 bridgehead atoms. The van der Waals surface area contributed by atoms with Gasteiger partial charge in [0.25, 0.3) is 5.91 Å². The van der Waals surface area contributed by atoms with Gasteiger partial charge >= 0.3 is 0 Å². The summed E-state index contributed by atoms with van der Waals surface area (Å²) in [5, 5.41) is 13.7. The summed E-state index contributed by atoms with van der Waals surface area (Å²) >= 11 is 0. The van der Waals surface area contributed by atoms with Gasteiger partial charge in [0.1, 0.15) is 17.4 Å². The molecular weight excluding hydrogens is 360 g/mol. The molecule has 0 aliphatic rings. The number of nitrogens with zero attached hydrogens (tertiary/aromatic N) is 3. The smallest absolute Gasteiger partial charge is 0.254 e. The predicted molar refractivity (Wildman–Crippen MR) is 106 cm³/mol. The third-order valence-corrected chi connectivity index (χ3v) is 4.15. The summed E-state index contributed by atoms with van der Waals surface area (Å²) in [5.74, 6) is -0.565. The third kappa shape index (κ3) is 4.17. The van der Waals surface area contributed by atoms with Gasteiger partial charge in [0.05, 0.1) is 17.4 Å². The van der Waals surface area contributed by atoms with Crippen LogP contribution in [0, 0.1) is 5.92 Å². The molecule has 0 aliphatic carbocycles. The van der Waals surface area contributed by atoms with E-state index < -0.39 is 17.9 Å². The second-order valence-electron chi connectivity index (χ2n) is 6.81. The van der Waals surface area contributed by atoms with Crippen LogP contribution < -0.4 is 22.1 Å². The van der Waals surface area contributed by atoms with E-state index in [1.165, 1.54) is 6.20 Å². The molecule has 3 aromatic rings. The molecule has 10 nitrogen and oxygen atoms in total. The van der Waals surface area contributed by atoms with Crippen molar-refractivity contribution < 1.29 is 9.59 Å². The minimum absolute atomic E-state index is 0.116. The van der Waals surface area contributed by atoms with Crippen molar-refractivity contribution in [3.8, 4) is 0 Å². The van der Waals surface area contributed by atoms with Gasteiger partial charge < -0.3 is 22.1 Å². The predicted octanol–water partition coefficient (Wildman–Crippen LogP) is 1.51. The van der Waals surface area contributed by atoms with Gasteiger partial charge in [0.15, 0.2) is 0 Å². The van der Waals surface area contributed by atoms with Crippen molar-refractivity contribution in [3.05, 3.63) is 36.2 Å². The van der Waals surface area contributed by atoms with Gasteiger partial charge in [-0.1, -0.05) is 19.9 Å². The van der Waals surface area contributed by atoms with Crippen molar-refractivity contribution in [2.75, 3.05) is 10.6 Å². The molecule has 2 heterocycles. The molecule has 1 atom stereocenters. The zero-order valence-electron chi connectivity index (χ0n) is 15.6. The van der Waals surface area contributed by atoms with Crippen molar-refractivity contribution in [3.63, 3.8) is 0 Å². The molecule has 0 saturated heterocycles. The maximum atomic E-state index is 11.8. The van der Waals surface area contributed by atoms with Crippen LogP contribution in [0.2, 0.25) is 0 Å². The van der Waals surface area contributed by atoms with Crippen LogP contribution in [-0.4, -0.2) is 38.0 Å². The maximum Gasteiger partial charge on any atom is 0.254 e. The Morgan fingerprint density at radius 3 is 2.68 bits per heavy atom. The Morgan fingerprint density at radius 2 is 2.00 bits per heavy atom. The Bertz CT molecular complexity index is 1010. The fraction of sp³-hybridized carbons (Fsp3) is 0.278. The number of aromatic nitrogens is 4. The molecule has 0 spiro atoms. The van der Waals surface area contributed by atoms with E-state index >= 15 is 0 Å². The fourth-order valence-electron chi connectivity index (χ4n) is 2.81. The van der Waals surface area contributed by atoms with Crippen LogP contribution >= 0.6 is 0 Å². The van der Waals surface area contributed by atoms with E-state index in [9.17, 15) is 9.59 Å². The molecule has 28 heavy (non-hydrogen) atoms. The number of aromatic amines is 1. The highest BCUT2D eigenvalue weighted by Crippen LogP contribution is 2.26. The number of nitrogens with two attached hydrogens (primary N) is 2. The molecule has 7 N–H and O–H groups in total. The number of amides is 2. The number of hydrogen-bond acceptors (Lipinski definition) is 7. The lowest BCUT2D eigenvalue weighted by atomic mass is 10.0. The lowest BCUT2D eigenvalue weighted by Gasteiger charge is -2.18. The average Bonchev–Trinajstić information content (AvgIpc) is 3.10. The largest absolute Gasteiger partial charge is 0.368 e. The van der Waals surface area contributed by atoms with Crippen LogP contribution in [0.3, 0.4) is 0 Å². The van der Waals surface area contributed by atoms with Gasteiger partial charge in [-0.05, 0) is 24.5 Å². The summed E-state index contributed by atoms with van der Waals surface area (Å²) in [6.45, 7) is 3.96. The number of H-pyrrole nitrogens is 1. The SMILES string of the molecule is CC(C)CC(Nc1ncc(C(N)=O)c(Nc2cccc3[nH]ncc23)n1)C(N)=O. The summed E-state index contributed by atoms with van der Waals surface area (Å²) in [7, 11) is 0. The number of anilines is 3. The Kier molecular flexibility index (Phi) is 5.39. The molecule has 0 radical (unpaired) electrons. The molecule has 2 amide bonds. The van der Waals surface area contributed by atoms with E-state index in [0.29, 0.717) is 12.1 Å². The topological polar surface area (TPSA) is 165 Å². The lowest BCUT2D eigenvalue weighted by Crippen LogP contribution is -2.37. The monoisotopic (exact) mass is 382 g/mol. The standard InChI is InChI=1S/C18H22N8O2/c1-9(2)6-14(16(20)28)24-18-21-7-11(15(19)27)17(25-18)23-12-4-3-5-13-10(12)8-22-26-13/h3-5,7-9,14H,6H2,1-2H3,(H2,19,27)(H2,20,28)(H,22,26)(H2,21,23,24,25). The van der Waals surface area contributed by atoms with Crippen molar-refractivity contribution in [1.82, 2.24) is 20.2 Å². The summed E-state index contributed by atoms with van der Waals surface area (Å²) in [6, 6.07) is 4.89. The Balaban J connectivity index is 1.95. The van der Waals surface area contributed by atoms with Gasteiger partial charge in [-0.25, -0.2) is 4.98 Å². The molecule has 0 aliphatic heterocycles. The number of rotatable bonds is 8. The number of nitrogens with one attached hydrogen (secondary N) is 3. The third-order valence-electron chi connectivity index (χ3n) is 4.15. The van der Waals surface area contributed by atoms with Crippen molar-refractivity contribution in [1.29, 1.82) is 0 Å². The van der Waals surface area contributed by atoms with Crippen LogP contribution in [-0.2, 0) is 4.79 Å². The first-order valence-electron chi connectivity index (χ1n) is 8.77. The van der Waals surface area contributed by atoms with Crippen molar-refractivity contribution in [2.24, 2.45) is 17.4 Å². The average molecular weight is 382 g/mol. The number of carbonyl (C=O) groups is 2. The molecule has 2 aromatic heterocycles. The Labute approximate surface area is 161 Å². The van der Waals surface area contributed by atoms with Gasteiger partial charge in [0.2, 0.25) is 11.9 Å². The first kappa shape index (κ1) is 19.1. The number of benzene rings is 1. The van der Waals surface area contributed by atoms with E-state index in [2.05, 4.69) is 30.8 Å². The molecule has 0 saturated carbocycles. The van der Waals surface area contributed by atoms with Crippen LogP contribution in [0.25, 0.3) is 10.9 Å². The molecule has 1 aromatic carbocycles. The first-order valence-corrected chi connectivity index (χ1v) is 8.77. The molecule has 0 fully saturated rings. The van der Waals surface area contributed by atoms with Gasteiger partial charge in [-0.2, -0.15) is 10.1 Å². The second kappa shape index (κ2) is 7.91. The van der Waals surface area contributed by atoms with Crippen molar-refractivity contribution in [2.45, 2.75) is 26.3 Å². The highest BCUT2D eigenvalue weighted by atomic mass is 16.1. The van der Waals surface area contributed by atoms with Crippen LogP contribution in [0.1, 0.15) is 30.6 Å². The molecular formula is C18H22N8O2. The minimum atomic E-state index is -0.679. The second-order valence-corrected chi connectivity index (χ2v) is 6.81. The zero-order chi connectivity index (χ0) is 20.3. The van der Waals surface area contributed by atoms with Gasteiger partial charge in [-0.3, -0.25) is 14.7 Å².